The third-order valence-electron chi connectivity index (χ3n) is 4.44. The van der Waals surface area contributed by atoms with E-state index in [0.29, 0.717) is 19.6 Å². The molecular formula is C24H25NO2. The van der Waals surface area contributed by atoms with E-state index in [1.807, 2.05) is 49.4 Å². The Morgan fingerprint density at radius 2 is 1.59 bits per heavy atom. The highest BCUT2D eigenvalue weighted by atomic mass is 16.5. The van der Waals surface area contributed by atoms with Gasteiger partial charge in [-0.1, -0.05) is 72.3 Å². The zero-order valence-electron chi connectivity index (χ0n) is 15.9. The summed E-state index contributed by atoms with van der Waals surface area (Å²) in [5.74, 6) is 0.873. The maximum atomic E-state index is 12.1. The first-order chi connectivity index (χ1) is 13.1. The van der Waals surface area contributed by atoms with Gasteiger partial charge in [0.1, 0.15) is 12.4 Å². The first kappa shape index (κ1) is 18.7. The second-order valence-electron chi connectivity index (χ2n) is 6.71. The van der Waals surface area contributed by atoms with Crippen LogP contribution in [0.15, 0.2) is 72.8 Å². The smallest absolute Gasteiger partial charge is 0.224 e. The van der Waals surface area contributed by atoms with E-state index in [1.165, 1.54) is 11.1 Å². The largest absolute Gasteiger partial charge is 0.491 e. The minimum Gasteiger partial charge on any atom is -0.491 e. The van der Waals surface area contributed by atoms with E-state index in [-0.39, 0.29) is 5.91 Å². The molecule has 0 bridgehead atoms. The number of amides is 1. The van der Waals surface area contributed by atoms with Crippen molar-refractivity contribution in [3.63, 3.8) is 0 Å². The molecule has 0 unspecified atom stereocenters. The zero-order valence-corrected chi connectivity index (χ0v) is 15.9. The van der Waals surface area contributed by atoms with Crippen LogP contribution in [0.4, 0.5) is 0 Å². The van der Waals surface area contributed by atoms with Crippen LogP contribution in [0, 0.1) is 13.8 Å². The van der Waals surface area contributed by atoms with Gasteiger partial charge in [-0.15, -0.1) is 0 Å². The second kappa shape index (κ2) is 9.04. The molecule has 0 spiro atoms. The molecule has 27 heavy (non-hydrogen) atoms. The van der Waals surface area contributed by atoms with Gasteiger partial charge in [-0.25, -0.2) is 0 Å². The Morgan fingerprint density at radius 1 is 0.889 bits per heavy atom. The van der Waals surface area contributed by atoms with Crippen LogP contribution >= 0.6 is 0 Å². The Labute approximate surface area is 161 Å². The molecule has 3 heteroatoms. The lowest BCUT2D eigenvalue weighted by atomic mass is 10.0. The molecule has 0 saturated carbocycles. The molecule has 3 nitrogen and oxygen atoms in total. The molecule has 0 saturated heterocycles. The molecule has 0 atom stereocenters. The van der Waals surface area contributed by atoms with Gasteiger partial charge < -0.3 is 10.1 Å². The highest BCUT2D eigenvalue weighted by Gasteiger charge is 2.05. The highest BCUT2D eigenvalue weighted by Crippen LogP contribution is 2.20. The van der Waals surface area contributed by atoms with Crippen molar-refractivity contribution in [2.75, 3.05) is 13.2 Å². The van der Waals surface area contributed by atoms with Crippen molar-refractivity contribution in [3.05, 3.63) is 89.5 Å². The van der Waals surface area contributed by atoms with E-state index in [1.54, 1.807) is 0 Å². The summed E-state index contributed by atoms with van der Waals surface area (Å²) in [5.41, 5.74) is 5.66. The molecule has 0 radical (unpaired) electrons. The number of hydrogen-bond donors (Lipinski definition) is 1. The summed E-state index contributed by atoms with van der Waals surface area (Å²) in [7, 11) is 0. The van der Waals surface area contributed by atoms with Gasteiger partial charge in [0.25, 0.3) is 0 Å². The van der Waals surface area contributed by atoms with Crippen LogP contribution in [0.5, 0.6) is 5.75 Å². The van der Waals surface area contributed by atoms with Crippen LogP contribution in [0.1, 0.15) is 16.7 Å². The normalized spacial score (nSPS) is 10.4. The fourth-order valence-corrected chi connectivity index (χ4v) is 3.01. The maximum absolute atomic E-state index is 12.1. The summed E-state index contributed by atoms with van der Waals surface area (Å²) in [6, 6.07) is 24.4. The number of carbonyl (C=O) groups excluding carboxylic acids is 1. The fraction of sp³-hybridized carbons (Fsp3) is 0.208. The summed E-state index contributed by atoms with van der Waals surface area (Å²) in [5, 5.41) is 2.91. The van der Waals surface area contributed by atoms with Crippen molar-refractivity contribution >= 4 is 5.91 Å². The SMILES string of the molecule is Cc1ccc(OCCNC(=O)Cc2ccc(-c3ccccc3)cc2)c(C)c1. The molecule has 0 aromatic heterocycles. The van der Waals surface area contributed by atoms with Crippen LogP contribution in [0.25, 0.3) is 11.1 Å². The van der Waals surface area contributed by atoms with Crippen LogP contribution in [0.2, 0.25) is 0 Å². The predicted molar refractivity (Wildman–Crippen MR) is 110 cm³/mol. The topological polar surface area (TPSA) is 38.3 Å². The highest BCUT2D eigenvalue weighted by molar-refractivity contribution is 5.78. The van der Waals surface area contributed by atoms with Crippen molar-refractivity contribution in [2.45, 2.75) is 20.3 Å². The number of ether oxygens (including phenoxy) is 1. The molecule has 1 N–H and O–H groups in total. The minimum absolute atomic E-state index is 0.00619. The Kier molecular flexibility index (Phi) is 6.26. The molecule has 3 aromatic carbocycles. The minimum atomic E-state index is 0.00619. The van der Waals surface area contributed by atoms with Crippen LogP contribution in [-0.2, 0) is 11.2 Å². The number of rotatable bonds is 7. The van der Waals surface area contributed by atoms with E-state index in [9.17, 15) is 4.79 Å². The van der Waals surface area contributed by atoms with Gasteiger partial charge in [0.2, 0.25) is 5.91 Å². The van der Waals surface area contributed by atoms with Crippen LogP contribution < -0.4 is 10.1 Å². The van der Waals surface area contributed by atoms with Gasteiger partial charge in [-0.2, -0.15) is 0 Å². The quantitative estimate of drug-likeness (QED) is 0.621. The van der Waals surface area contributed by atoms with Gasteiger partial charge >= 0.3 is 0 Å². The fourth-order valence-electron chi connectivity index (χ4n) is 3.01. The number of benzene rings is 3. The predicted octanol–water partition coefficient (Wildman–Crippen LogP) is 4.71. The monoisotopic (exact) mass is 359 g/mol. The van der Waals surface area contributed by atoms with Crippen LogP contribution in [-0.4, -0.2) is 19.1 Å². The Hall–Kier alpha value is -3.07. The van der Waals surface area contributed by atoms with Gasteiger partial charge in [-0.05, 0) is 42.2 Å². The van der Waals surface area contributed by atoms with Crippen molar-refractivity contribution < 1.29 is 9.53 Å². The first-order valence-electron chi connectivity index (χ1n) is 9.23. The van der Waals surface area contributed by atoms with Crippen molar-refractivity contribution in [2.24, 2.45) is 0 Å². The average molecular weight is 359 g/mol. The standard InChI is InChI=1S/C24H25NO2/c1-18-8-13-23(19(2)16-18)27-15-14-25-24(26)17-20-9-11-22(12-10-20)21-6-4-3-5-7-21/h3-13,16H,14-15,17H2,1-2H3,(H,25,26). The summed E-state index contributed by atoms with van der Waals surface area (Å²) in [4.78, 5) is 12.1. The van der Waals surface area contributed by atoms with Gasteiger partial charge in [0.15, 0.2) is 0 Å². The Bertz CT molecular complexity index is 886. The van der Waals surface area contributed by atoms with Crippen LogP contribution in [0.3, 0.4) is 0 Å². The van der Waals surface area contributed by atoms with E-state index in [4.69, 9.17) is 4.74 Å². The first-order valence-corrected chi connectivity index (χ1v) is 9.23. The molecule has 0 aliphatic heterocycles. The zero-order chi connectivity index (χ0) is 19.1. The van der Waals surface area contributed by atoms with E-state index in [2.05, 4.69) is 42.6 Å². The molecule has 0 fully saturated rings. The molecular weight excluding hydrogens is 334 g/mol. The number of aryl methyl sites for hydroxylation is 2. The van der Waals surface area contributed by atoms with E-state index >= 15 is 0 Å². The molecule has 138 valence electrons. The number of nitrogens with one attached hydrogen (secondary N) is 1. The lowest BCUT2D eigenvalue weighted by molar-refractivity contribution is -0.120. The molecule has 0 aliphatic rings. The Balaban J connectivity index is 1.44. The van der Waals surface area contributed by atoms with Crippen molar-refractivity contribution in [1.82, 2.24) is 5.32 Å². The summed E-state index contributed by atoms with van der Waals surface area (Å²) < 4.78 is 5.74. The van der Waals surface area contributed by atoms with Gasteiger partial charge in [0.05, 0.1) is 13.0 Å². The molecule has 3 rings (SSSR count). The molecule has 0 aliphatic carbocycles. The second-order valence-corrected chi connectivity index (χ2v) is 6.71. The molecule has 1 amide bonds. The summed E-state index contributed by atoms with van der Waals surface area (Å²) in [6.45, 7) is 5.04. The molecule has 3 aromatic rings. The lowest BCUT2D eigenvalue weighted by Crippen LogP contribution is -2.29. The summed E-state index contributed by atoms with van der Waals surface area (Å²) in [6.07, 6.45) is 0.374. The third kappa shape index (κ3) is 5.45. The van der Waals surface area contributed by atoms with Crippen molar-refractivity contribution in [1.29, 1.82) is 0 Å². The lowest BCUT2D eigenvalue weighted by Gasteiger charge is -2.10. The maximum Gasteiger partial charge on any atom is 0.224 e. The van der Waals surface area contributed by atoms with E-state index < -0.39 is 0 Å². The summed E-state index contributed by atoms with van der Waals surface area (Å²) >= 11 is 0. The average Bonchev–Trinajstić information content (AvgIpc) is 2.68. The molecule has 0 heterocycles. The van der Waals surface area contributed by atoms with Crippen molar-refractivity contribution in [3.8, 4) is 16.9 Å². The third-order valence-corrected chi connectivity index (χ3v) is 4.44. The van der Waals surface area contributed by atoms with E-state index in [0.717, 1.165) is 22.4 Å². The van der Waals surface area contributed by atoms with Gasteiger partial charge in [-0.3, -0.25) is 4.79 Å². The van der Waals surface area contributed by atoms with Gasteiger partial charge in [0, 0.05) is 0 Å². The number of carbonyl (C=O) groups is 1. The Morgan fingerprint density at radius 3 is 2.30 bits per heavy atom. The number of hydrogen-bond acceptors (Lipinski definition) is 2.